The van der Waals surface area contributed by atoms with Crippen molar-refractivity contribution in [3.63, 3.8) is 0 Å². The molecule has 2 heterocycles. The molecule has 5 rings (SSSR count). The Balaban J connectivity index is 1.92. The number of hydrogen-bond acceptors (Lipinski definition) is 2. The summed E-state index contributed by atoms with van der Waals surface area (Å²) in [6.07, 6.45) is 0. The van der Waals surface area contributed by atoms with E-state index < -0.39 is 0 Å². The summed E-state index contributed by atoms with van der Waals surface area (Å²) >= 11 is 0. The highest BCUT2D eigenvalue weighted by Gasteiger charge is 2.28. The van der Waals surface area contributed by atoms with E-state index in [4.69, 9.17) is 8.83 Å². The van der Waals surface area contributed by atoms with Crippen LogP contribution in [0.2, 0.25) is 0 Å². The zero-order valence-electron chi connectivity index (χ0n) is 13.5. The lowest BCUT2D eigenvalue weighted by atomic mass is 10.1. The number of oxazole rings is 1. The van der Waals surface area contributed by atoms with Gasteiger partial charge >= 0.3 is 11.6 Å². The normalized spacial score (nSPS) is 11.8. The molecule has 0 unspecified atom stereocenters. The summed E-state index contributed by atoms with van der Waals surface area (Å²) in [6.45, 7) is 2.09. The number of nitrogens with zero attached hydrogens (tertiary/aromatic N) is 1. The minimum absolute atomic E-state index is 0.764. The molecule has 0 saturated carbocycles. The number of hydrogen-bond donors (Lipinski definition) is 0. The number of aromatic nitrogens is 1. The van der Waals surface area contributed by atoms with E-state index in [1.807, 2.05) is 41.9 Å². The molecule has 2 aromatic heterocycles. The highest BCUT2D eigenvalue weighted by atomic mass is 16.4. The summed E-state index contributed by atoms with van der Waals surface area (Å²) in [6, 6.07) is 20.7. The summed E-state index contributed by atoms with van der Waals surface area (Å²) in [5.74, 6) is 0.816. The Bertz CT molecular complexity index is 1230. The third-order valence-corrected chi connectivity index (χ3v) is 4.70. The van der Waals surface area contributed by atoms with E-state index >= 15 is 0 Å². The molecule has 3 nitrogen and oxygen atoms in total. The second-order valence-corrected chi connectivity index (χ2v) is 6.18. The standard InChI is InChI=1S/C21H16NO2/c1-13-7-3-5-9-15(13)20-22(2)21-19(24-20)18-16-10-6-4-8-14(16)11-12-17(18)23-21/h3-12H,1-2H3/q+1. The van der Waals surface area contributed by atoms with Crippen LogP contribution in [0, 0.1) is 6.92 Å². The molecule has 3 heteroatoms. The van der Waals surface area contributed by atoms with Gasteiger partial charge in [-0.2, -0.15) is 0 Å². The van der Waals surface area contributed by atoms with Gasteiger partial charge in [0, 0.05) is 0 Å². The van der Waals surface area contributed by atoms with E-state index in [9.17, 15) is 0 Å². The average molecular weight is 314 g/mol. The minimum atomic E-state index is 0.764. The first-order chi connectivity index (χ1) is 11.7. The van der Waals surface area contributed by atoms with Crippen LogP contribution in [-0.2, 0) is 7.05 Å². The molecule has 0 saturated heterocycles. The van der Waals surface area contributed by atoms with Gasteiger partial charge in [-0.1, -0.05) is 48.5 Å². The first-order valence-corrected chi connectivity index (χ1v) is 8.03. The summed E-state index contributed by atoms with van der Waals surface area (Å²) in [5, 5.41) is 3.38. The lowest BCUT2D eigenvalue weighted by Crippen LogP contribution is -2.28. The first kappa shape index (κ1) is 13.4. The summed E-state index contributed by atoms with van der Waals surface area (Å²) in [7, 11) is 1.98. The van der Waals surface area contributed by atoms with Crippen molar-refractivity contribution in [2.45, 2.75) is 6.92 Å². The lowest BCUT2D eigenvalue weighted by molar-refractivity contribution is -0.644. The van der Waals surface area contributed by atoms with Gasteiger partial charge in [-0.05, 0) is 35.4 Å². The number of benzene rings is 3. The molecule has 0 N–H and O–H groups in total. The maximum absolute atomic E-state index is 6.30. The smallest absolute Gasteiger partial charge is 0.401 e. The Labute approximate surface area is 138 Å². The monoisotopic (exact) mass is 314 g/mol. The van der Waals surface area contributed by atoms with Crippen LogP contribution in [0.4, 0.5) is 0 Å². The van der Waals surface area contributed by atoms with Crippen molar-refractivity contribution in [2.75, 3.05) is 0 Å². The zero-order valence-corrected chi connectivity index (χ0v) is 13.5. The summed E-state index contributed by atoms with van der Waals surface area (Å²) in [5.41, 5.74) is 4.69. The maximum Gasteiger partial charge on any atom is 0.421 e. The Hall–Kier alpha value is -3.07. The third kappa shape index (κ3) is 1.69. The van der Waals surface area contributed by atoms with E-state index in [2.05, 4.69) is 37.3 Å². The van der Waals surface area contributed by atoms with Crippen LogP contribution in [0.25, 0.3) is 44.5 Å². The molecular formula is C21H16NO2+. The average Bonchev–Trinajstić information content (AvgIpc) is 3.12. The van der Waals surface area contributed by atoms with Crippen LogP contribution >= 0.6 is 0 Å². The van der Waals surface area contributed by atoms with E-state index in [-0.39, 0.29) is 0 Å². The van der Waals surface area contributed by atoms with Crippen LogP contribution in [0.3, 0.4) is 0 Å². The molecular weight excluding hydrogens is 298 g/mol. The predicted molar refractivity (Wildman–Crippen MR) is 94.8 cm³/mol. The molecule has 0 atom stereocenters. The topological polar surface area (TPSA) is 30.2 Å². The van der Waals surface area contributed by atoms with Crippen LogP contribution < -0.4 is 4.57 Å². The van der Waals surface area contributed by atoms with E-state index in [1.54, 1.807) is 0 Å². The lowest BCUT2D eigenvalue weighted by Gasteiger charge is -1.99. The highest BCUT2D eigenvalue weighted by Crippen LogP contribution is 2.36. The Morgan fingerprint density at radius 3 is 2.50 bits per heavy atom. The van der Waals surface area contributed by atoms with Crippen molar-refractivity contribution in [1.82, 2.24) is 0 Å². The molecule has 0 aliphatic rings. The van der Waals surface area contributed by atoms with Crippen molar-refractivity contribution in [3.05, 3.63) is 66.2 Å². The Morgan fingerprint density at radius 2 is 1.62 bits per heavy atom. The van der Waals surface area contributed by atoms with Gasteiger partial charge in [0.25, 0.3) is 5.58 Å². The molecule has 0 aliphatic heterocycles. The largest absolute Gasteiger partial charge is 0.421 e. The Morgan fingerprint density at radius 1 is 0.833 bits per heavy atom. The van der Waals surface area contributed by atoms with Gasteiger partial charge in [0.05, 0.1) is 10.9 Å². The van der Waals surface area contributed by atoms with Gasteiger partial charge in [-0.25, -0.2) is 0 Å². The molecule has 116 valence electrons. The number of fused-ring (bicyclic) bond motifs is 5. The fourth-order valence-electron chi connectivity index (χ4n) is 3.45. The summed E-state index contributed by atoms with van der Waals surface area (Å²) < 4.78 is 14.4. The zero-order chi connectivity index (χ0) is 16.3. The summed E-state index contributed by atoms with van der Waals surface area (Å²) in [4.78, 5) is 0. The highest BCUT2D eigenvalue weighted by molar-refractivity contribution is 6.15. The molecule has 5 aromatic rings. The molecule has 0 fully saturated rings. The number of aryl methyl sites for hydroxylation is 2. The number of furan rings is 1. The molecule has 0 aliphatic carbocycles. The van der Waals surface area contributed by atoms with Gasteiger partial charge in [0.2, 0.25) is 0 Å². The van der Waals surface area contributed by atoms with Crippen LogP contribution in [0.15, 0.2) is 69.5 Å². The van der Waals surface area contributed by atoms with E-state index in [1.165, 1.54) is 10.9 Å². The van der Waals surface area contributed by atoms with E-state index in [0.29, 0.717) is 0 Å². The SMILES string of the molecule is Cc1ccccc1-c1oc2c3c(ccc4ccccc43)oc2[n+]1C. The van der Waals surface area contributed by atoms with Gasteiger partial charge in [0.15, 0.2) is 0 Å². The maximum atomic E-state index is 6.30. The van der Waals surface area contributed by atoms with Crippen molar-refractivity contribution >= 4 is 33.0 Å². The van der Waals surface area contributed by atoms with Crippen LogP contribution in [0.1, 0.15) is 5.56 Å². The quantitative estimate of drug-likeness (QED) is 0.401. The van der Waals surface area contributed by atoms with Gasteiger partial charge in [0.1, 0.15) is 12.6 Å². The van der Waals surface area contributed by atoms with Gasteiger partial charge in [-0.15, -0.1) is 4.57 Å². The Kier molecular flexibility index (Phi) is 2.63. The number of rotatable bonds is 1. The molecule has 0 amide bonds. The third-order valence-electron chi connectivity index (χ3n) is 4.70. The van der Waals surface area contributed by atoms with Gasteiger partial charge in [-0.3, -0.25) is 0 Å². The molecule has 0 spiro atoms. The van der Waals surface area contributed by atoms with Crippen molar-refractivity contribution in [2.24, 2.45) is 7.05 Å². The molecule has 0 radical (unpaired) electrons. The molecule has 0 bridgehead atoms. The second kappa shape index (κ2) is 4.71. The fourth-order valence-corrected chi connectivity index (χ4v) is 3.45. The predicted octanol–water partition coefficient (Wildman–Crippen LogP) is 5.13. The van der Waals surface area contributed by atoms with Crippen LogP contribution in [-0.4, -0.2) is 0 Å². The second-order valence-electron chi connectivity index (χ2n) is 6.18. The van der Waals surface area contributed by atoms with E-state index in [0.717, 1.165) is 39.1 Å². The molecule has 3 aromatic carbocycles. The van der Waals surface area contributed by atoms with Crippen LogP contribution in [0.5, 0.6) is 0 Å². The van der Waals surface area contributed by atoms with Crippen molar-refractivity contribution < 1.29 is 13.4 Å². The minimum Gasteiger partial charge on any atom is -0.401 e. The molecule has 24 heavy (non-hydrogen) atoms. The van der Waals surface area contributed by atoms with Crippen molar-refractivity contribution in [3.8, 4) is 11.5 Å². The first-order valence-electron chi connectivity index (χ1n) is 8.03. The fraction of sp³-hybridized carbons (Fsp3) is 0.0952. The van der Waals surface area contributed by atoms with Gasteiger partial charge < -0.3 is 8.83 Å². The van der Waals surface area contributed by atoms with Crippen molar-refractivity contribution in [1.29, 1.82) is 0 Å².